The van der Waals surface area contributed by atoms with Crippen LogP contribution in [0.5, 0.6) is 0 Å². The van der Waals surface area contributed by atoms with Crippen molar-refractivity contribution in [2.75, 3.05) is 40.5 Å². The van der Waals surface area contributed by atoms with Crippen molar-refractivity contribution in [1.82, 2.24) is 4.90 Å². The summed E-state index contributed by atoms with van der Waals surface area (Å²) >= 11 is 0. The standard InChI is InChI=1S/C49H88NO8P/c1-5-7-9-11-13-15-17-19-21-23-24-26-27-29-31-33-35-37-39-41-48(51)55-45-47(46-57-59(53,54)56-44-43-50(3)4)58-49(52)42-40-38-36-34-32-30-28-25-22-20-18-16-14-12-10-8-6-2/h8,10,14,16,20,22,28,30,34,36,47H,5-7,9,11-13,15,17-19,21,23-27,29,31-33,35,37-46H2,1-4H3,(H,53,54)/b10-8-,16-14-,22-20-,30-28-,36-34-. The van der Waals surface area contributed by atoms with Gasteiger partial charge in [-0.15, -0.1) is 0 Å². The molecule has 342 valence electrons. The molecule has 0 aromatic carbocycles. The first-order valence-corrected chi connectivity index (χ1v) is 25.1. The van der Waals surface area contributed by atoms with Crippen LogP contribution in [0.4, 0.5) is 0 Å². The molecule has 0 aliphatic heterocycles. The molecule has 59 heavy (non-hydrogen) atoms. The van der Waals surface area contributed by atoms with Gasteiger partial charge < -0.3 is 19.3 Å². The molecule has 0 aliphatic rings. The molecule has 0 amide bonds. The quantitative estimate of drug-likeness (QED) is 0.0277. The molecule has 0 radical (unpaired) electrons. The molecular weight excluding hydrogens is 762 g/mol. The summed E-state index contributed by atoms with van der Waals surface area (Å²) in [5.41, 5.74) is 0. The fourth-order valence-electron chi connectivity index (χ4n) is 6.25. The van der Waals surface area contributed by atoms with Crippen LogP contribution in [0.3, 0.4) is 0 Å². The first-order valence-electron chi connectivity index (χ1n) is 23.6. The topological polar surface area (TPSA) is 112 Å². The van der Waals surface area contributed by atoms with Crippen molar-refractivity contribution in [3.63, 3.8) is 0 Å². The van der Waals surface area contributed by atoms with E-state index in [1.54, 1.807) is 0 Å². The highest BCUT2D eigenvalue weighted by Crippen LogP contribution is 2.43. The van der Waals surface area contributed by atoms with E-state index in [1.165, 1.54) is 103 Å². The summed E-state index contributed by atoms with van der Waals surface area (Å²) in [5, 5.41) is 0. The zero-order valence-electron chi connectivity index (χ0n) is 38.2. The monoisotopic (exact) mass is 850 g/mol. The van der Waals surface area contributed by atoms with Crippen LogP contribution in [0.25, 0.3) is 0 Å². The number of allylic oxidation sites excluding steroid dienone is 10. The zero-order valence-corrected chi connectivity index (χ0v) is 39.1. The Labute approximate surface area is 362 Å². The summed E-state index contributed by atoms with van der Waals surface area (Å²) in [6.45, 7) is 4.16. The van der Waals surface area contributed by atoms with E-state index in [9.17, 15) is 19.0 Å². The lowest BCUT2D eigenvalue weighted by Gasteiger charge is -2.20. The molecule has 0 rings (SSSR count). The maximum absolute atomic E-state index is 12.7. The number of hydrogen-bond donors (Lipinski definition) is 1. The molecule has 10 heteroatoms. The van der Waals surface area contributed by atoms with Crippen molar-refractivity contribution in [2.24, 2.45) is 0 Å². The van der Waals surface area contributed by atoms with E-state index in [4.69, 9.17) is 18.5 Å². The van der Waals surface area contributed by atoms with Crippen LogP contribution < -0.4 is 0 Å². The van der Waals surface area contributed by atoms with Crippen molar-refractivity contribution in [3.8, 4) is 0 Å². The minimum Gasteiger partial charge on any atom is -0.462 e. The van der Waals surface area contributed by atoms with Crippen molar-refractivity contribution >= 4 is 19.8 Å². The average molecular weight is 850 g/mol. The van der Waals surface area contributed by atoms with Gasteiger partial charge in [0.15, 0.2) is 6.10 Å². The lowest BCUT2D eigenvalue weighted by molar-refractivity contribution is -0.161. The van der Waals surface area contributed by atoms with E-state index in [2.05, 4.69) is 68.5 Å². The number of carbonyl (C=O) groups excluding carboxylic acids is 2. The number of phosphoric ester groups is 1. The van der Waals surface area contributed by atoms with Gasteiger partial charge in [-0.1, -0.05) is 190 Å². The molecule has 0 heterocycles. The molecule has 0 saturated carbocycles. The van der Waals surface area contributed by atoms with Gasteiger partial charge in [0.05, 0.1) is 13.2 Å². The fraction of sp³-hybridized carbons (Fsp3) is 0.755. The molecule has 1 N–H and O–H groups in total. The predicted octanol–water partition coefficient (Wildman–Crippen LogP) is 13.9. The second-order valence-corrected chi connectivity index (χ2v) is 17.4. The minimum atomic E-state index is -4.38. The van der Waals surface area contributed by atoms with Gasteiger partial charge >= 0.3 is 19.8 Å². The Kier molecular flexibility index (Phi) is 42.1. The number of esters is 2. The number of likely N-dealkylation sites (N-methyl/N-ethyl adjacent to an activating group) is 1. The van der Waals surface area contributed by atoms with E-state index in [0.717, 1.165) is 51.4 Å². The van der Waals surface area contributed by atoms with Crippen LogP contribution in [0.1, 0.15) is 194 Å². The Morgan fingerprint density at radius 3 is 1.42 bits per heavy atom. The van der Waals surface area contributed by atoms with Crippen LogP contribution in [-0.2, 0) is 32.7 Å². The molecule has 0 aromatic rings. The fourth-order valence-corrected chi connectivity index (χ4v) is 6.99. The highest BCUT2D eigenvalue weighted by Gasteiger charge is 2.26. The maximum atomic E-state index is 12.7. The van der Waals surface area contributed by atoms with Gasteiger partial charge in [-0.2, -0.15) is 0 Å². The molecule has 9 nitrogen and oxygen atoms in total. The lowest BCUT2D eigenvalue weighted by atomic mass is 10.0. The molecule has 2 atom stereocenters. The third-order valence-electron chi connectivity index (χ3n) is 9.84. The summed E-state index contributed by atoms with van der Waals surface area (Å²) in [5.74, 6) is -0.868. The Morgan fingerprint density at radius 2 is 0.966 bits per heavy atom. The summed E-state index contributed by atoms with van der Waals surface area (Å²) in [4.78, 5) is 37.1. The highest BCUT2D eigenvalue weighted by atomic mass is 31.2. The van der Waals surface area contributed by atoms with Crippen molar-refractivity contribution in [1.29, 1.82) is 0 Å². The summed E-state index contributed by atoms with van der Waals surface area (Å²) in [7, 11) is -0.743. The summed E-state index contributed by atoms with van der Waals surface area (Å²) < 4.78 is 33.5. The van der Waals surface area contributed by atoms with Gasteiger partial charge in [0, 0.05) is 19.4 Å². The van der Waals surface area contributed by atoms with Gasteiger partial charge in [0.25, 0.3) is 0 Å². The molecule has 0 fully saturated rings. The summed E-state index contributed by atoms with van der Waals surface area (Å²) in [6, 6.07) is 0. The Bertz CT molecular complexity index is 1160. The maximum Gasteiger partial charge on any atom is 0.472 e. The lowest BCUT2D eigenvalue weighted by Crippen LogP contribution is -2.29. The molecule has 0 spiro atoms. The largest absolute Gasteiger partial charge is 0.472 e. The van der Waals surface area contributed by atoms with Gasteiger partial charge in [-0.25, -0.2) is 4.57 Å². The summed E-state index contributed by atoms with van der Waals surface area (Å²) in [6.07, 6.45) is 51.4. The second-order valence-electron chi connectivity index (χ2n) is 15.9. The molecule has 0 aromatic heterocycles. The molecular formula is C49H88NO8P. The molecule has 0 bridgehead atoms. The minimum absolute atomic E-state index is 0.00451. The van der Waals surface area contributed by atoms with E-state index in [0.29, 0.717) is 19.4 Å². The van der Waals surface area contributed by atoms with Crippen molar-refractivity contribution in [3.05, 3.63) is 60.8 Å². The normalized spacial score (nSPS) is 13.9. The van der Waals surface area contributed by atoms with Gasteiger partial charge in [0.2, 0.25) is 0 Å². The van der Waals surface area contributed by atoms with Crippen LogP contribution >= 0.6 is 7.82 Å². The number of carbonyl (C=O) groups is 2. The van der Waals surface area contributed by atoms with E-state index < -0.39 is 26.5 Å². The number of ether oxygens (including phenoxy) is 2. The first kappa shape index (κ1) is 56.7. The average Bonchev–Trinajstić information content (AvgIpc) is 3.20. The van der Waals surface area contributed by atoms with Crippen LogP contribution in [0, 0.1) is 0 Å². The zero-order chi connectivity index (χ0) is 43.3. The Morgan fingerprint density at radius 1 is 0.542 bits per heavy atom. The second kappa shape index (κ2) is 43.8. The van der Waals surface area contributed by atoms with Crippen LogP contribution in [-0.4, -0.2) is 68.3 Å². The predicted molar refractivity (Wildman–Crippen MR) is 247 cm³/mol. The van der Waals surface area contributed by atoms with Gasteiger partial charge in [-0.05, 0) is 65.5 Å². The number of hydrogen-bond acceptors (Lipinski definition) is 8. The van der Waals surface area contributed by atoms with Gasteiger partial charge in [0.1, 0.15) is 6.61 Å². The van der Waals surface area contributed by atoms with Crippen molar-refractivity contribution in [2.45, 2.75) is 200 Å². The number of unbranched alkanes of at least 4 members (excludes halogenated alkanes) is 19. The smallest absolute Gasteiger partial charge is 0.462 e. The van der Waals surface area contributed by atoms with Crippen molar-refractivity contribution < 1.29 is 37.6 Å². The third kappa shape index (κ3) is 45.1. The van der Waals surface area contributed by atoms with E-state index in [1.807, 2.05) is 25.1 Å². The number of phosphoric acid groups is 1. The Hall–Kier alpha value is -2.29. The van der Waals surface area contributed by atoms with Gasteiger partial charge in [-0.3, -0.25) is 18.6 Å². The number of rotatable bonds is 43. The molecule has 2 unspecified atom stereocenters. The third-order valence-corrected chi connectivity index (χ3v) is 10.8. The molecule has 0 saturated heterocycles. The Balaban J connectivity index is 4.30. The molecule has 0 aliphatic carbocycles. The van der Waals surface area contributed by atoms with Crippen LogP contribution in [0.15, 0.2) is 60.8 Å². The number of nitrogens with zero attached hydrogens (tertiary/aromatic N) is 1. The highest BCUT2D eigenvalue weighted by molar-refractivity contribution is 7.47. The van der Waals surface area contributed by atoms with Crippen LogP contribution in [0.2, 0.25) is 0 Å². The van der Waals surface area contributed by atoms with E-state index in [-0.39, 0.29) is 32.0 Å². The SMILES string of the molecule is CC/C=C\C/C=C\C/C=C\C/C=C\C/C=C\CCCC(=O)OC(COC(=O)CCCCCCCCCCCCCCCCCCCCC)COP(=O)(O)OCCN(C)C. The first-order chi connectivity index (χ1) is 28.7. The van der Waals surface area contributed by atoms with E-state index >= 15 is 0 Å².